The molecule has 2 aromatic rings. The summed E-state index contributed by atoms with van der Waals surface area (Å²) in [7, 11) is 1.33. The molecule has 6 heteroatoms. The number of hydrogen-bond acceptors (Lipinski definition) is 4. The summed E-state index contributed by atoms with van der Waals surface area (Å²) in [6.45, 7) is 3.79. The Morgan fingerprint density at radius 2 is 2.05 bits per heavy atom. The maximum Gasteiger partial charge on any atom is 0.335 e. The van der Waals surface area contributed by atoms with Crippen LogP contribution in [0.15, 0.2) is 24.5 Å². The lowest BCUT2D eigenvalue weighted by atomic mass is 10.0. The molecule has 106 valence electrons. The van der Waals surface area contributed by atoms with Crippen LogP contribution in [0.2, 0.25) is 0 Å². The van der Waals surface area contributed by atoms with Crippen LogP contribution in [0, 0.1) is 5.92 Å². The maximum absolute atomic E-state index is 11.9. The molecule has 6 nitrogen and oxygen atoms in total. The molecule has 0 spiro atoms. The van der Waals surface area contributed by atoms with E-state index >= 15 is 0 Å². The number of aromatic carboxylic acids is 1. The zero-order valence-corrected chi connectivity index (χ0v) is 11.5. The average Bonchev–Trinajstić information content (AvgIpc) is 2.81. The van der Waals surface area contributed by atoms with Crippen molar-refractivity contribution in [2.45, 2.75) is 19.9 Å². The number of ether oxygens (including phenoxy) is 1. The maximum atomic E-state index is 11.9. The molecule has 20 heavy (non-hydrogen) atoms. The number of nitrogens with zero attached hydrogens (tertiary/aromatic N) is 2. The fraction of sp³-hybridized carbons (Fsp3) is 0.357. The monoisotopic (exact) mass is 276 g/mol. The van der Waals surface area contributed by atoms with Gasteiger partial charge < -0.3 is 14.4 Å². The third-order valence-corrected chi connectivity index (χ3v) is 3.20. The molecule has 0 aliphatic heterocycles. The second kappa shape index (κ2) is 5.32. The van der Waals surface area contributed by atoms with Crippen LogP contribution in [0.1, 0.15) is 30.2 Å². The van der Waals surface area contributed by atoms with Gasteiger partial charge in [-0.2, -0.15) is 0 Å². The van der Waals surface area contributed by atoms with Gasteiger partial charge in [0.2, 0.25) is 0 Å². The van der Waals surface area contributed by atoms with E-state index in [-0.39, 0.29) is 17.5 Å². The summed E-state index contributed by atoms with van der Waals surface area (Å²) in [5.41, 5.74) is 1.41. The normalized spacial score (nSPS) is 12.6. The summed E-state index contributed by atoms with van der Waals surface area (Å²) in [6.07, 6.45) is 1.54. The first-order valence-corrected chi connectivity index (χ1v) is 6.23. The molecule has 0 bridgehead atoms. The fourth-order valence-corrected chi connectivity index (χ4v) is 2.21. The van der Waals surface area contributed by atoms with Crippen molar-refractivity contribution in [3.8, 4) is 0 Å². The Morgan fingerprint density at radius 3 is 2.60 bits per heavy atom. The Balaban J connectivity index is 2.60. The Labute approximate surface area is 116 Å². The molecule has 1 atom stereocenters. The van der Waals surface area contributed by atoms with Crippen LogP contribution < -0.4 is 0 Å². The van der Waals surface area contributed by atoms with Gasteiger partial charge in [0.1, 0.15) is 6.04 Å². The minimum atomic E-state index is -1.01. The molecule has 1 heterocycles. The van der Waals surface area contributed by atoms with Gasteiger partial charge in [-0.05, 0) is 24.1 Å². The molecule has 2 rings (SSSR count). The van der Waals surface area contributed by atoms with Gasteiger partial charge in [0.15, 0.2) is 0 Å². The Bertz CT molecular complexity index is 660. The number of hydrogen-bond donors (Lipinski definition) is 1. The molecular weight excluding hydrogens is 260 g/mol. The lowest BCUT2D eigenvalue weighted by Gasteiger charge is -2.20. The number of carbonyl (C=O) groups is 2. The fourth-order valence-electron chi connectivity index (χ4n) is 2.21. The average molecular weight is 276 g/mol. The molecule has 1 N–H and O–H groups in total. The van der Waals surface area contributed by atoms with E-state index in [1.165, 1.54) is 25.6 Å². The van der Waals surface area contributed by atoms with E-state index < -0.39 is 12.0 Å². The van der Waals surface area contributed by atoms with E-state index in [0.717, 1.165) is 0 Å². The molecule has 0 aliphatic carbocycles. The van der Waals surface area contributed by atoms with E-state index in [1.807, 2.05) is 13.8 Å². The Hall–Kier alpha value is -2.37. The second-order valence-electron chi connectivity index (χ2n) is 4.87. The van der Waals surface area contributed by atoms with Crippen LogP contribution in [0.4, 0.5) is 0 Å². The van der Waals surface area contributed by atoms with Gasteiger partial charge >= 0.3 is 11.9 Å². The zero-order valence-electron chi connectivity index (χ0n) is 11.5. The molecule has 0 radical (unpaired) electrons. The number of rotatable bonds is 4. The van der Waals surface area contributed by atoms with Gasteiger partial charge in [-0.3, -0.25) is 0 Å². The highest BCUT2D eigenvalue weighted by Crippen LogP contribution is 2.25. The number of aromatic nitrogens is 2. The van der Waals surface area contributed by atoms with Crippen molar-refractivity contribution < 1.29 is 19.4 Å². The summed E-state index contributed by atoms with van der Waals surface area (Å²) >= 11 is 0. The molecule has 0 saturated carbocycles. The van der Waals surface area contributed by atoms with Crippen LogP contribution in [0.3, 0.4) is 0 Å². The Morgan fingerprint density at radius 1 is 1.35 bits per heavy atom. The van der Waals surface area contributed by atoms with Gasteiger partial charge in [-0.1, -0.05) is 13.8 Å². The van der Waals surface area contributed by atoms with Crippen molar-refractivity contribution in [1.29, 1.82) is 0 Å². The molecule has 1 aromatic carbocycles. The number of carboxylic acid groups (broad SMARTS) is 1. The molecule has 0 aliphatic rings. The standard InChI is InChI=1S/C14H16N2O4/c1-8(2)12(14(19)20-3)16-7-15-10-5-4-9(13(17)18)6-11(10)16/h4-8,12H,1-3H3,(H,17,18). The van der Waals surface area contributed by atoms with E-state index in [9.17, 15) is 9.59 Å². The Kier molecular flexibility index (Phi) is 3.74. The first-order chi connectivity index (χ1) is 9.45. The van der Waals surface area contributed by atoms with E-state index in [4.69, 9.17) is 9.84 Å². The molecule has 0 fully saturated rings. The lowest BCUT2D eigenvalue weighted by Crippen LogP contribution is -2.25. The predicted octanol–water partition coefficient (Wildman–Crippen LogP) is 2.10. The zero-order chi connectivity index (χ0) is 14.9. The van der Waals surface area contributed by atoms with Crippen molar-refractivity contribution in [2.24, 2.45) is 5.92 Å². The van der Waals surface area contributed by atoms with Crippen molar-refractivity contribution in [1.82, 2.24) is 9.55 Å². The van der Waals surface area contributed by atoms with Crippen LogP contribution in [-0.2, 0) is 9.53 Å². The van der Waals surface area contributed by atoms with Gasteiger partial charge in [0.05, 0.1) is 30.0 Å². The quantitative estimate of drug-likeness (QED) is 0.865. The first-order valence-electron chi connectivity index (χ1n) is 6.23. The first kappa shape index (κ1) is 14.0. The van der Waals surface area contributed by atoms with E-state index in [1.54, 1.807) is 10.6 Å². The number of esters is 1. The van der Waals surface area contributed by atoms with Gasteiger partial charge in [0, 0.05) is 0 Å². The topological polar surface area (TPSA) is 81.4 Å². The summed E-state index contributed by atoms with van der Waals surface area (Å²) in [5.74, 6) is -1.40. The number of fused-ring (bicyclic) bond motifs is 1. The van der Waals surface area contributed by atoms with Crippen molar-refractivity contribution in [3.63, 3.8) is 0 Å². The van der Waals surface area contributed by atoms with Gasteiger partial charge in [-0.25, -0.2) is 14.6 Å². The lowest BCUT2D eigenvalue weighted by molar-refractivity contribution is -0.145. The summed E-state index contributed by atoms with van der Waals surface area (Å²) in [6, 6.07) is 4.10. The minimum Gasteiger partial charge on any atom is -0.478 e. The third kappa shape index (κ3) is 2.36. The van der Waals surface area contributed by atoms with Crippen molar-refractivity contribution >= 4 is 23.0 Å². The SMILES string of the molecule is COC(=O)C(C(C)C)n1cnc2ccc(C(=O)O)cc21. The number of carbonyl (C=O) groups excluding carboxylic acids is 1. The van der Waals surface area contributed by atoms with Crippen molar-refractivity contribution in [2.75, 3.05) is 7.11 Å². The number of carboxylic acids is 1. The minimum absolute atomic E-state index is 0.00617. The third-order valence-electron chi connectivity index (χ3n) is 3.20. The highest BCUT2D eigenvalue weighted by molar-refractivity contribution is 5.92. The summed E-state index contributed by atoms with van der Waals surface area (Å²) < 4.78 is 6.49. The molecule has 0 saturated heterocycles. The predicted molar refractivity (Wildman–Crippen MR) is 72.6 cm³/mol. The van der Waals surface area contributed by atoms with Crippen LogP contribution in [0.5, 0.6) is 0 Å². The van der Waals surface area contributed by atoms with Crippen LogP contribution in [0.25, 0.3) is 11.0 Å². The largest absolute Gasteiger partial charge is 0.478 e. The number of imidazole rings is 1. The summed E-state index contributed by atoms with van der Waals surface area (Å²) in [5, 5.41) is 9.05. The molecule has 1 aromatic heterocycles. The molecule has 0 amide bonds. The number of methoxy groups -OCH3 is 1. The van der Waals surface area contributed by atoms with Gasteiger partial charge in [0.25, 0.3) is 0 Å². The highest BCUT2D eigenvalue weighted by Gasteiger charge is 2.26. The van der Waals surface area contributed by atoms with Crippen molar-refractivity contribution in [3.05, 3.63) is 30.1 Å². The molecular formula is C14H16N2O4. The van der Waals surface area contributed by atoms with E-state index in [2.05, 4.69) is 4.98 Å². The molecule has 1 unspecified atom stereocenters. The number of benzene rings is 1. The van der Waals surface area contributed by atoms with Crippen LogP contribution >= 0.6 is 0 Å². The van der Waals surface area contributed by atoms with Crippen LogP contribution in [-0.4, -0.2) is 33.7 Å². The smallest absolute Gasteiger partial charge is 0.335 e. The summed E-state index contributed by atoms with van der Waals surface area (Å²) in [4.78, 5) is 27.2. The van der Waals surface area contributed by atoms with Gasteiger partial charge in [-0.15, -0.1) is 0 Å². The second-order valence-corrected chi connectivity index (χ2v) is 4.87. The van der Waals surface area contributed by atoms with E-state index in [0.29, 0.717) is 11.0 Å². The highest BCUT2D eigenvalue weighted by atomic mass is 16.5.